The fraction of sp³-hybridized carbons (Fsp3) is 0.654. The molecule has 0 saturated heterocycles. The zero-order valence-electron chi connectivity index (χ0n) is 24.8. The molecule has 0 saturated carbocycles. The molecule has 2 amide bonds. The first kappa shape index (κ1) is 36.8. The first-order chi connectivity index (χ1) is 18.3. The number of ether oxygens (including phenoxy) is 2. The van der Waals surface area contributed by atoms with Gasteiger partial charge in [-0.25, -0.2) is 26.8 Å². The Labute approximate surface area is 235 Å². The lowest BCUT2D eigenvalue weighted by Crippen LogP contribution is -2.55. The van der Waals surface area contributed by atoms with E-state index < -0.39 is 84.8 Å². The second-order valence-corrected chi connectivity index (χ2v) is 12.7. The Hall–Kier alpha value is -3.16. The lowest BCUT2D eigenvalue weighted by atomic mass is 10.1. The first-order valence-corrected chi connectivity index (χ1v) is 14.5. The van der Waals surface area contributed by atoms with Crippen molar-refractivity contribution in [3.8, 4) is 0 Å². The van der Waals surface area contributed by atoms with E-state index in [2.05, 4.69) is 18.8 Å². The summed E-state index contributed by atoms with van der Waals surface area (Å²) in [6.07, 6.45) is -1.53. The Balaban J connectivity index is 0.00000284. The number of rotatable bonds is 3. The zero-order chi connectivity index (χ0) is 31.6. The molecule has 2 unspecified atom stereocenters. The standard InChI is InChI=1S/C21H27F2N3O8S.C3H8.C2H6/c1-20(2,3)33-18(27)25(19(28)34-21(4,5)6)17-16(10-22)35(31,32)11-15(24-17)13-9-12(26(29)30)7-8-14(13)23;1-3-2;1-2/h7-9,15-16H,10-11H2,1-6H3;3H2,1-2H3;1-2H3. The average molecular weight is 594 g/mol. The van der Waals surface area contributed by atoms with Gasteiger partial charge in [0, 0.05) is 17.7 Å². The van der Waals surface area contributed by atoms with Crippen molar-refractivity contribution in [1.82, 2.24) is 4.90 Å². The highest BCUT2D eigenvalue weighted by Crippen LogP contribution is 2.33. The lowest BCUT2D eigenvalue weighted by molar-refractivity contribution is -0.385. The Morgan fingerprint density at radius 3 is 1.90 bits per heavy atom. The number of amides is 2. The van der Waals surface area contributed by atoms with E-state index in [0.717, 1.165) is 18.2 Å². The number of halogens is 2. The highest BCUT2D eigenvalue weighted by atomic mass is 32.2. The van der Waals surface area contributed by atoms with Crippen LogP contribution in [-0.4, -0.2) is 65.1 Å². The molecule has 11 nitrogen and oxygen atoms in total. The summed E-state index contributed by atoms with van der Waals surface area (Å²) in [6.45, 7) is 15.6. The van der Waals surface area contributed by atoms with Gasteiger partial charge in [-0.05, 0) is 47.6 Å². The van der Waals surface area contributed by atoms with Gasteiger partial charge in [0.2, 0.25) is 0 Å². The van der Waals surface area contributed by atoms with Crippen molar-refractivity contribution in [1.29, 1.82) is 0 Å². The third-order valence-corrected chi connectivity index (χ3v) is 6.45. The van der Waals surface area contributed by atoms with Crippen LogP contribution in [0.3, 0.4) is 0 Å². The maximum Gasteiger partial charge on any atom is 0.425 e. The molecule has 228 valence electrons. The molecular formula is C26H41F2N3O8S. The highest BCUT2D eigenvalue weighted by molar-refractivity contribution is 7.92. The van der Waals surface area contributed by atoms with Crippen molar-refractivity contribution < 1.29 is 41.2 Å². The minimum Gasteiger partial charge on any atom is -0.443 e. The minimum absolute atomic E-state index is 0.166. The Bertz CT molecular complexity index is 1150. The van der Waals surface area contributed by atoms with Crippen LogP contribution in [0.2, 0.25) is 0 Å². The molecule has 1 aliphatic rings. The molecular weight excluding hydrogens is 552 g/mol. The van der Waals surface area contributed by atoms with Gasteiger partial charge in [-0.15, -0.1) is 0 Å². The van der Waals surface area contributed by atoms with Crippen LogP contribution < -0.4 is 0 Å². The molecule has 0 aromatic heterocycles. The topological polar surface area (TPSA) is 145 Å². The van der Waals surface area contributed by atoms with Crippen molar-refractivity contribution in [2.24, 2.45) is 4.99 Å². The van der Waals surface area contributed by atoms with Crippen LogP contribution in [0, 0.1) is 15.9 Å². The van der Waals surface area contributed by atoms with Crippen LogP contribution in [0.5, 0.6) is 0 Å². The third-order valence-electron chi connectivity index (χ3n) is 4.47. The molecule has 0 radical (unpaired) electrons. The number of nitrogens with zero attached hydrogens (tertiary/aromatic N) is 3. The van der Waals surface area contributed by atoms with E-state index >= 15 is 0 Å². The van der Waals surface area contributed by atoms with Crippen LogP contribution in [0.1, 0.15) is 87.3 Å². The number of nitro benzene ring substituents is 1. The predicted molar refractivity (Wildman–Crippen MR) is 148 cm³/mol. The average Bonchev–Trinajstić information content (AvgIpc) is 2.78. The molecule has 0 aliphatic carbocycles. The van der Waals surface area contributed by atoms with Gasteiger partial charge < -0.3 is 9.47 Å². The van der Waals surface area contributed by atoms with Crippen molar-refractivity contribution in [3.05, 3.63) is 39.7 Å². The van der Waals surface area contributed by atoms with Crippen LogP contribution in [0.25, 0.3) is 0 Å². The quantitative estimate of drug-likeness (QED) is 0.283. The smallest absolute Gasteiger partial charge is 0.425 e. The number of non-ortho nitro benzene ring substituents is 1. The number of aliphatic imine (C=N–C) groups is 1. The fourth-order valence-electron chi connectivity index (χ4n) is 3.08. The SMILES string of the molecule is CC.CC(C)(C)OC(=O)N(C(=O)OC(C)(C)C)C1=NC(c2cc([N+](=O)[O-])ccc2F)CS(=O)(=O)C1CF.CCC. The van der Waals surface area contributed by atoms with Crippen LogP contribution >= 0.6 is 0 Å². The number of benzene rings is 1. The van der Waals surface area contributed by atoms with E-state index in [1.54, 1.807) is 0 Å². The second-order valence-electron chi connectivity index (χ2n) is 10.4. The fourth-order valence-corrected chi connectivity index (χ4v) is 4.69. The summed E-state index contributed by atoms with van der Waals surface area (Å²) in [6, 6.07) is 0.803. The third kappa shape index (κ3) is 10.8. The highest BCUT2D eigenvalue weighted by Gasteiger charge is 2.47. The summed E-state index contributed by atoms with van der Waals surface area (Å²) >= 11 is 0. The number of nitro groups is 1. The van der Waals surface area contributed by atoms with Gasteiger partial charge in [0.05, 0.1) is 16.7 Å². The molecule has 40 heavy (non-hydrogen) atoms. The van der Waals surface area contributed by atoms with E-state index in [1.807, 2.05) is 13.8 Å². The van der Waals surface area contributed by atoms with Gasteiger partial charge in [-0.2, -0.15) is 4.90 Å². The molecule has 0 fully saturated rings. The molecule has 0 N–H and O–H groups in total. The van der Waals surface area contributed by atoms with Gasteiger partial charge >= 0.3 is 12.2 Å². The van der Waals surface area contributed by atoms with E-state index in [1.165, 1.54) is 48.0 Å². The lowest BCUT2D eigenvalue weighted by Gasteiger charge is -2.34. The van der Waals surface area contributed by atoms with Gasteiger partial charge in [0.1, 0.15) is 34.8 Å². The molecule has 1 aromatic carbocycles. The van der Waals surface area contributed by atoms with E-state index in [0.29, 0.717) is 0 Å². The van der Waals surface area contributed by atoms with Gasteiger partial charge in [-0.1, -0.05) is 34.1 Å². The molecule has 1 aliphatic heterocycles. The molecule has 1 heterocycles. The molecule has 2 rings (SSSR count). The number of sulfone groups is 1. The summed E-state index contributed by atoms with van der Waals surface area (Å²) in [5.74, 6) is -2.81. The molecule has 0 bridgehead atoms. The van der Waals surface area contributed by atoms with Crippen LogP contribution in [0.4, 0.5) is 24.1 Å². The van der Waals surface area contributed by atoms with Crippen molar-refractivity contribution in [2.45, 2.75) is 98.2 Å². The Morgan fingerprint density at radius 2 is 1.52 bits per heavy atom. The van der Waals surface area contributed by atoms with Crippen LogP contribution in [-0.2, 0) is 19.3 Å². The first-order valence-electron chi connectivity index (χ1n) is 12.8. The largest absolute Gasteiger partial charge is 0.443 e. The number of imide groups is 1. The van der Waals surface area contributed by atoms with E-state index in [-0.39, 0.29) is 4.90 Å². The van der Waals surface area contributed by atoms with Gasteiger partial charge in [0.25, 0.3) is 5.69 Å². The molecule has 0 spiro atoms. The Morgan fingerprint density at radius 1 is 1.07 bits per heavy atom. The van der Waals surface area contributed by atoms with Gasteiger partial charge in [0.15, 0.2) is 9.84 Å². The maximum absolute atomic E-state index is 14.6. The van der Waals surface area contributed by atoms with Crippen molar-refractivity contribution in [2.75, 3.05) is 12.4 Å². The maximum atomic E-state index is 14.6. The molecule has 1 aromatic rings. The summed E-state index contributed by atoms with van der Waals surface area (Å²) < 4.78 is 64.9. The van der Waals surface area contributed by atoms with E-state index in [9.17, 15) is 36.9 Å². The monoisotopic (exact) mass is 593 g/mol. The van der Waals surface area contributed by atoms with E-state index in [4.69, 9.17) is 9.47 Å². The zero-order valence-corrected chi connectivity index (χ0v) is 25.6. The van der Waals surface area contributed by atoms with Crippen molar-refractivity contribution in [3.63, 3.8) is 0 Å². The van der Waals surface area contributed by atoms with Crippen molar-refractivity contribution >= 4 is 33.5 Å². The predicted octanol–water partition coefficient (Wildman–Crippen LogP) is 6.55. The number of carbonyl (C=O) groups excluding carboxylic acids is 2. The number of amidine groups is 1. The summed E-state index contributed by atoms with van der Waals surface area (Å²) in [5, 5.41) is 9.07. The number of hydrogen-bond acceptors (Lipinski definition) is 9. The molecule has 14 heteroatoms. The number of hydrogen-bond donors (Lipinski definition) is 0. The number of carbonyl (C=O) groups is 2. The summed E-state index contributed by atoms with van der Waals surface area (Å²) in [4.78, 5) is 40.4. The minimum atomic E-state index is -4.47. The second kappa shape index (κ2) is 15.0. The van der Waals surface area contributed by atoms with Gasteiger partial charge in [-0.3, -0.25) is 15.1 Å². The Kier molecular flexibility index (Phi) is 13.8. The number of alkyl halides is 1. The van der Waals surface area contributed by atoms with Crippen LogP contribution in [0.15, 0.2) is 23.2 Å². The summed E-state index contributed by atoms with van der Waals surface area (Å²) in [5.41, 5.74) is -3.32. The normalized spacial score (nSPS) is 18.1. The summed E-state index contributed by atoms with van der Waals surface area (Å²) in [7, 11) is -4.47. The molecule has 2 atom stereocenters.